The van der Waals surface area contributed by atoms with Gasteiger partial charge in [-0.1, -0.05) is 6.07 Å². The van der Waals surface area contributed by atoms with Gasteiger partial charge in [0.2, 0.25) is 0 Å². The van der Waals surface area contributed by atoms with Gasteiger partial charge in [0.15, 0.2) is 0 Å². The van der Waals surface area contributed by atoms with Crippen molar-refractivity contribution in [3.8, 4) is 0 Å². The van der Waals surface area contributed by atoms with Crippen LogP contribution in [-0.4, -0.2) is 23.1 Å². The van der Waals surface area contributed by atoms with E-state index in [9.17, 15) is 0 Å². The fourth-order valence-electron chi connectivity index (χ4n) is 2.44. The van der Waals surface area contributed by atoms with Crippen LogP contribution >= 0.6 is 0 Å². The summed E-state index contributed by atoms with van der Waals surface area (Å²) in [4.78, 5) is 7.04. The Kier molecular flexibility index (Phi) is 3.91. The Labute approximate surface area is 111 Å². The lowest BCUT2D eigenvalue weighted by Gasteiger charge is -2.27. The lowest BCUT2D eigenvalue weighted by atomic mass is 10.1. The van der Waals surface area contributed by atoms with Crippen LogP contribution in [0, 0.1) is 0 Å². The van der Waals surface area contributed by atoms with E-state index in [-0.39, 0.29) is 5.54 Å². The van der Waals surface area contributed by atoms with Crippen LogP contribution in [0.1, 0.15) is 46.1 Å². The molecule has 1 aromatic heterocycles. The van der Waals surface area contributed by atoms with E-state index in [2.05, 4.69) is 49.0 Å². The molecule has 2 heterocycles. The Hall–Kier alpha value is -1.09. The number of pyridine rings is 1. The summed E-state index contributed by atoms with van der Waals surface area (Å²) in [5, 5.41) is 3.55. The van der Waals surface area contributed by atoms with Gasteiger partial charge in [-0.2, -0.15) is 0 Å². The van der Waals surface area contributed by atoms with Crippen LogP contribution in [0.15, 0.2) is 18.3 Å². The largest absolute Gasteiger partial charge is 0.354 e. The van der Waals surface area contributed by atoms with Gasteiger partial charge in [-0.15, -0.1) is 0 Å². The second-order valence-corrected chi connectivity index (χ2v) is 6.27. The zero-order chi connectivity index (χ0) is 13.2. The molecule has 0 saturated carbocycles. The summed E-state index contributed by atoms with van der Waals surface area (Å²) in [6.07, 6.45) is 4.47. The van der Waals surface area contributed by atoms with Crippen LogP contribution in [0.2, 0.25) is 0 Å². The average molecular weight is 247 g/mol. The molecule has 1 saturated heterocycles. The maximum absolute atomic E-state index is 4.60. The second-order valence-electron chi connectivity index (χ2n) is 6.27. The fourth-order valence-corrected chi connectivity index (χ4v) is 2.44. The van der Waals surface area contributed by atoms with E-state index >= 15 is 0 Å². The molecule has 1 atom stereocenters. The Morgan fingerprint density at radius 1 is 1.44 bits per heavy atom. The van der Waals surface area contributed by atoms with Crippen LogP contribution in [0.5, 0.6) is 0 Å². The number of hydrogen-bond donors (Lipinski definition) is 1. The van der Waals surface area contributed by atoms with Crippen molar-refractivity contribution >= 4 is 5.82 Å². The van der Waals surface area contributed by atoms with Crippen molar-refractivity contribution in [3.05, 3.63) is 23.9 Å². The van der Waals surface area contributed by atoms with Gasteiger partial charge < -0.3 is 10.2 Å². The lowest BCUT2D eigenvalue weighted by Crippen LogP contribution is -2.36. The number of nitrogens with zero attached hydrogens (tertiary/aromatic N) is 2. The summed E-state index contributed by atoms with van der Waals surface area (Å²) in [5.74, 6) is 1.17. The number of nitrogens with one attached hydrogen (secondary N) is 1. The summed E-state index contributed by atoms with van der Waals surface area (Å²) in [5.41, 5.74) is 1.45. The van der Waals surface area contributed by atoms with Gasteiger partial charge >= 0.3 is 0 Å². The molecule has 0 radical (unpaired) electrons. The van der Waals surface area contributed by atoms with Gasteiger partial charge in [-0.05, 0) is 46.6 Å². The van der Waals surface area contributed by atoms with Crippen molar-refractivity contribution in [1.82, 2.24) is 10.3 Å². The number of anilines is 1. The van der Waals surface area contributed by atoms with E-state index in [4.69, 9.17) is 0 Å². The summed E-state index contributed by atoms with van der Waals surface area (Å²) in [7, 11) is 0. The first-order chi connectivity index (χ1) is 8.47. The van der Waals surface area contributed by atoms with Gasteiger partial charge in [0.05, 0.1) is 0 Å². The molecule has 0 aromatic carbocycles. The molecule has 3 heteroatoms. The number of aromatic nitrogens is 1. The van der Waals surface area contributed by atoms with Crippen molar-refractivity contribution in [2.24, 2.45) is 0 Å². The maximum Gasteiger partial charge on any atom is 0.133 e. The van der Waals surface area contributed by atoms with Crippen LogP contribution < -0.4 is 10.2 Å². The summed E-state index contributed by atoms with van der Waals surface area (Å²) < 4.78 is 0. The van der Waals surface area contributed by atoms with Crippen LogP contribution in [0.4, 0.5) is 5.82 Å². The van der Waals surface area contributed by atoms with Crippen molar-refractivity contribution in [2.45, 2.75) is 58.7 Å². The molecule has 1 N–H and O–H groups in total. The van der Waals surface area contributed by atoms with Crippen LogP contribution in [0.25, 0.3) is 0 Å². The molecule has 0 amide bonds. The van der Waals surface area contributed by atoms with Gasteiger partial charge in [-0.25, -0.2) is 4.98 Å². The molecule has 1 aliphatic heterocycles. The summed E-state index contributed by atoms with van der Waals surface area (Å²) in [6, 6.07) is 4.84. The summed E-state index contributed by atoms with van der Waals surface area (Å²) >= 11 is 0. The second kappa shape index (κ2) is 5.27. The first kappa shape index (κ1) is 13.3. The number of rotatable bonds is 3. The highest BCUT2D eigenvalue weighted by Crippen LogP contribution is 2.26. The third-order valence-electron chi connectivity index (χ3n) is 3.50. The van der Waals surface area contributed by atoms with Crippen molar-refractivity contribution in [1.29, 1.82) is 0 Å². The first-order valence-electron chi connectivity index (χ1n) is 6.93. The minimum atomic E-state index is 0.143. The molecule has 0 bridgehead atoms. The predicted molar refractivity (Wildman–Crippen MR) is 76.9 cm³/mol. The Balaban J connectivity index is 2.15. The monoisotopic (exact) mass is 247 g/mol. The zero-order valence-corrected chi connectivity index (χ0v) is 12.0. The van der Waals surface area contributed by atoms with E-state index in [1.54, 1.807) is 0 Å². The number of hydrogen-bond acceptors (Lipinski definition) is 3. The Bertz CT molecular complexity index is 395. The maximum atomic E-state index is 4.60. The molecule has 2 rings (SSSR count). The molecular formula is C15H25N3. The highest BCUT2D eigenvalue weighted by Gasteiger charge is 2.23. The van der Waals surface area contributed by atoms with Crippen LogP contribution in [-0.2, 0) is 6.54 Å². The minimum absolute atomic E-state index is 0.143. The third-order valence-corrected chi connectivity index (χ3v) is 3.50. The van der Waals surface area contributed by atoms with Gasteiger partial charge in [0.1, 0.15) is 5.82 Å². The zero-order valence-electron chi connectivity index (χ0n) is 12.0. The quantitative estimate of drug-likeness (QED) is 0.890. The minimum Gasteiger partial charge on any atom is -0.354 e. The van der Waals surface area contributed by atoms with E-state index in [1.165, 1.54) is 24.2 Å². The molecule has 1 unspecified atom stereocenters. The Morgan fingerprint density at radius 3 is 2.83 bits per heavy atom. The molecule has 18 heavy (non-hydrogen) atoms. The molecule has 1 aliphatic rings. The molecular weight excluding hydrogens is 222 g/mol. The van der Waals surface area contributed by atoms with Crippen molar-refractivity contribution in [2.75, 3.05) is 11.4 Å². The van der Waals surface area contributed by atoms with Crippen molar-refractivity contribution in [3.63, 3.8) is 0 Å². The van der Waals surface area contributed by atoms with Crippen LogP contribution in [0.3, 0.4) is 0 Å². The molecule has 1 fully saturated rings. The summed E-state index contributed by atoms with van der Waals surface area (Å²) in [6.45, 7) is 10.9. The fraction of sp³-hybridized carbons (Fsp3) is 0.667. The standard InChI is InChI=1S/C15H25N3/c1-12-7-6-10-18(12)14-13(8-5-9-16-14)11-17-15(2,3)4/h5,8-9,12,17H,6-7,10-11H2,1-4H3. The molecule has 1 aromatic rings. The molecule has 3 nitrogen and oxygen atoms in total. The van der Waals surface area contributed by atoms with Gasteiger partial charge in [0.25, 0.3) is 0 Å². The van der Waals surface area contributed by atoms with E-state index in [0.29, 0.717) is 6.04 Å². The van der Waals surface area contributed by atoms with Gasteiger partial charge in [0, 0.05) is 36.4 Å². The highest BCUT2D eigenvalue weighted by molar-refractivity contribution is 5.48. The smallest absolute Gasteiger partial charge is 0.133 e. The normalized spacial score (nSPS) is 20.4. The van der Waals surface area contributed by atoms with Gasteiger partial charge in [-0.3, -0.25) is 0 Å². The Morgan fingerprint density at radius 2 is 2.22 bits per heavy atom. The molecule has 0 aliphatic carbocycles. The SMILES string of the molecule is CC1CCCN1c1ncccc1CNC(C)(C)C. The molecule has 0 spiro atoms. The third kappa shape index (κ3) is 3.22. The van der Waals surface area contributed by atoms with E-state index < -0.39 is 0 Å². The lowest BCUT2D eigenvalue weighted by molar-refractivity contribution is 0.424. The highest BCUT2D eigenvalue weighted by atomic mass is 15.2. The van der Waals surface area contributed by atoms with E-state index in [1.807, 2.05) is 12.3 Å². The topological polar surface area (TPSA) is 28.2 Å². The van der Waals surface area contributed by atoms with Crippen molar-refractivity contribution < 1.29 is 0 Å². The van der Waals surface area contributed by atoms with E-state index in [0.717, 1.165) is 13.1 Å². The first-order valence-corrected chi connectivity index (χ1v) is 6.93. The predicted octanol–water partition coefficient (Wildman–Crippen LogP) is 2.96. The molecule has 100 valence electrons. The average Bonchev–Trinajstić information content (AvgIpc) is 2.72.